The Labute approximate surface area is 175 Å². The summed E-state index contributed by atoms with van der Waals surface area (Å²) in [6.07, 6.45) is 3.32. The third-order valence-electron chi connectivity index (χ3n) is 3.94. The van der Waals surface area contributed by atoms with Crippen LogP contribution >= 0.6 is 0 Å². The predicted octanol–water partition coefficient (Wildman–Crippen LogP) is 1.65. The van der Waals surface area contributed by atoms with Gasteiger partial charge in [-0.25, -0.2) is 18.4 Å². The molecule has 0 fully saturated rings. The Hall–Kier alpha value is -3.17. The summed E-state index contributed by atoms with van der Waals surface area (Å²) in [6, 6.07) is 13.3. The molecule has 0 aromatic heterocycles. The number of primary sulfonamides is 1. The van der Waals surface area contributed by atoms with Crippen LogP contribution in [0, 0.1) is 0 Å². The second-order valence-electron chi connectivity index (χ2n) is 6.23. The molecular weight excluding hydrogens is 408 g/mol. The van der Waals surface area contributed by atoms with E-state index in [0.29, 0.717) is 19.6 Å². The van der Waals surface area contributed by atoms with E-state index in [1.807, 2.05) is 6.92 Å². The van der Waals surface area contributed by atoms with Crippen molar-refractivity contribution < 1.29 is 27.5 Å². The maximum absolute atomic E-state index is 11.8. The van der Waals surface area contributed by atoms with Crippen LogP contribution in [0.25, 0.3) is 6.08 Å². The lowest BCUT2D eigenvalue weighted by molar-refractivity contribution is -0.143. The van der Waals surface area contributed by atoms with E-state index in [1.54, 1.807) is 42.5 Å². The number of ether oxygens (including phenoxy) is 2. The number of carbonyl (C=O) groups is 2. The molecule has 3 N–H and O–H groups in total. The number of amides is 1. The highest BCUT2D eigenvalue weighted by molar-refractivity contribution is 7.89. The van der Waals surface area contributed by atoms with Crippen molar-refractivity contribution in [1.82, 2.24) is 5.32 Å². The van der Waals surface area contributed by atoms with Crippen molar-refractivity contribution >= 4 is 28.0 Å². The molecule has 0 saturated heterocycles. The number of nitrogens with two attached hydrogens (primary N) is 1. The van der Waals surface area contributed by atoms with Gasteiger partial charge in [0.2, 0.25) is 10.0 Å². The van der Waals surface area contributed by atoms with Crippen molar-refractivity contribution in [2.45, 2.75) is 18.2 Å². The maximum Gasteiger partial charge on any atom is 0.331 e. The van der Waals surface area contributed by atoms with Gasteiger partial charge in [-0.3, -0.25) is 4.79 Å². The molecule has 8 nitrogen and oxygen atoms in total. The monoisotopic (exact) mass is 432 g/mol. The Morgan fingerprint density at radius 3 is 2.33 bits per heavy atom. The summed E-state index contributed by atoms with van der Waals surface area (Å²) in [7, 11) is -3.73. The normalized spacial score (nSPS) is 11.3. The zero-order valence-corrected chi connectivity index (χ0v) is 17.4. The number of nitrogens with one attached hydrogen (secondary N) is 1. The molecule has 0 unspecified atom stereocenters. The molecular formula is C21H24N2O6S. The van der Waals surface area contributed by atoms with Crippen molar-refractivity contribution in [2.24, 2.45) is 5.14 Å². The molecule has 0 spiro atoms. The number of esters is 1. The summed E-state index contributed by atoms with van der Waals surface area (Å²) in [5, 5.41) is 7.67. The topological polar surface area (TPSA) is 125 Å². The molecule has 2 rings (SSSR count). The maximum atomic E-state index is 11.8. The molecule has 0 atom stereocenters. The fourth-order valence-electron chi connectivity index (χ4n) is 2.43. The second kappa shape index (κ2) is 11.1. The van der Waals surface area contributed by atoms with Crippen molar-refractivity contribution in [2.75, 3.05) is 19.8 Å². The standard InChI is InChI=1S/C21H24N2O6S/c1-2-28-18-8-3-16(4-9-18)7-12-21(25)29-15-20(24)23-14-13-17-5-10-19(11-6-17)30(22,26)27/h3-12H,2,13-15H2,1H3,(H,23,24)(H2,22,26,27). The highest BCUT2D eigenvalue weighted by Gasteiger charge is 2.08. The molecule has 0 saturated carbocycles. The Bertz CT molecular complexity index is 983. The average molecular weight is 432 g/mol. The quantitative estimate of drug-likeness (QED) is 0.434. The molecule has 30 heavy (non-hydrogen) atoms. The van der Waals surface area contributed by atoms with E-state index in [2.05, 4.69) is 5.32 Å². The zero-order valence-electron chi connectivity index (χ0n) is 16.5. The van der Waals surface area contributed by atoms with E-state index in [-0.39, 0.29) is 4.90 Å². The Balaban J connectivity index is 1.69. The molecule has 0 aliphatic rings. The lowest BCUT2D eigenvalue weighted by Gasteiger charge is -2.06. The van der Waals surface area contributed by atoms with Gasteiger partial charge in [0.05, 0.1) is 11.5 Å². The first kappa shape index (κ1) is 23.1. The van der Waals surface area contributed by atoms with Crippen LogP contribution in [0.3, 0.4) is 0 Å². The summed E-state index contributed by atoms with van der Waals surface area (Å²) in [6.45, 7) is 2.40. The molecule has 160 valence electrons. The number of benzene rings is 2. The summed E-state index contributed by atoms with van der Waals surface area (Å²) in [5.41, 5.74) is 1.63. The van der Waals surface area contributed by atoms with Gasteiger partial charge in [-0.1, -0.05) is 24.3 Å². The van der Waals surface area contributed by atoms with E-state index in [4.69, 9.17) is 14.6 Å². The van der Waals surface area contributed by atoms with Crippen LogP contribution in [-0.4, -0.2) is 40.1 Å². The SMILES string of the molecule is CCOc1ccc(C=CC(=O)OCC(=O)NCCc2ccc(S(N)(=O)=O)cc2)cc1. The summed E-state index contributed by atoms with van der Waals surface area (Å²) >= 11 is 0. The fourth-order valence-corrected chi connectivity index (χ4v) is 2.95. The minimum Gasteiger partial charge on any atom is -0.494 e. The summed E-state index contributed by atoms with van der Waals surface area (Å²) in [5.74, 6) is -0.314. The van der Waals surface area contributed by atoms with Gasteiger partial charge in [0.1, 0.15) is 5.75 Å². The van der Waals surface area contributed by atoms with Gasteiger partial charge >= 0.3 is 5.97 Å². The van der Waals surface area contributed by atoms with E-state index in [1.165, 1.54) is 18.2 Å². The first-order valence-corrected chi connectivity index (χ1v) is 10.8. The molecule has 9 heteroatoms. The van der Waals surface area contributed by atoms with Crippen molar-refractivity contribution in [3.8, 4) is 5.75 Å². The molecule has 0 aliphatic heterocycles. The number of rotatable bonds is 10. The van der Waals surface area contributed by atoms with Gasteiger partial charge < -0.3 is 14.8 Å². The van der Waals surface area contributed by atoms with Crippen LogP contribution in [0.4, 0.5) is 0 Å². The summed E-state index contributed by atoms with van der Waals surface area (Å²) < 4.78 is 32.7. The fraction of sp³-hybridized carbons (Fsp3) is 0.238. The number of sulfonamides is 1. The molecule has 1 amide bonds. The summed E-state index contributed by atoms with van der Waals surface area (Å²) in [4.78, 5) is 23.5. The zero-order chi connectivity index (χ0) is 22.0. The van der Waals surface area contributed by atoms with E-state index in [0.717, 1.165) is 16.9 Å². The second-order valence-corrected chi connectivity index (χ2v) is 7.79. The molecule has 0 heterocycles. The predicted molar refractivity (Wildman–Crippen MR) is 112 cm³/mol. The van der Waals surface area contributed by atoms with Gasteiger partial charge in [0, 0.05) is 12.6 Å². The Morgan fingerprint density at radius 2 is 1.73 bits per heavy atom. The Kier molecular flexibility index (Phi) is 8.57. The molecule has 0 aliphatic carbocycles. The minimum atomic E-state index is -3.73. The van der Waals surface area contributed by atoms with Crippen molar-refractivity contribution in [3.05, 3.63) is 65.7 Å². The molecule has 0 radical (unpaired) electrons. The van der Waals surface area contributed by atoms with Crippen molar-refractivity contribution in [3.63, 3.8) is 0 Å². The largest absolute Gasteiger partial charge is 0.494 e. The van der Waals surface area contributed by atoms with Crippen LogP contribution in [0.2, 0.25) is 0 Å². The smallest absolute Gasteiger partial charge is 0.331 e. The first-order valence-electron chi connectivity index (χ1n) is 9.24. The highest BCUT2D eigenvalue weighted by Crippen LogP contribution is 2.13. The molecule has 0 bridgehead atoms. The van der Waals surface area contributed by atoms with E-state index < -0.39 is 28.5 Å². The number of hydrogen-bond acceptors (Lipinski definition) is 6. The first-order chi connectivity index (χ1) is 14.3. The lowest BCUT2D eigenvalue weighted by atomic mass is 10.1. The molecule has 2 aromatic rings. The lowest BCUT2D eigenvalue weighted by Crippen LogP contribution is -2.30. The number of hydrogen-bond donors (Lipinski definition) is 2. The third kappa shape index (κ3) is 8.06. The highest BCUT2D eigenvalue weighted by atomic mass is 32.2. The Morgan fingerprint density at radius 1 is 1.07 bits per heavy atom. The van der Waals surface area contributed by atoms with Gasteiger partial charge in [0.25, 0.3) is 5.91 Å². The van der Waals surface area contributed by atoms with Gasteiger partial charge in [0.15, 0.2) is 6.61 Å². The van der Waals surface area contributed by atoms with Crippen LogP contribution in [0.5, 0.6) is 5.75 Å². The van der Waals surface area contributed by atoms with Gasteiger partial charge in [-0.15, -0.1) is 0 Å². The third-order valence-corrected chi connectivity index (χ3v) is 4.87. The van der Waals surface area contributed by atoms with Crippen LogP contribution in [0.15, 0.2) is 59.5 Å². The number of carbonyl (C=O) groups excluding carboxylic acids is 2. The van der Waals surface area contributed by atoms with E-state index >= 15 is 0 Å². The van der Waals surface area contributed by atoms with Gasteiger partial charge in [-0.2, -0.15) is 0 Å². The molecule has 2 aromatic carbocycles. The average Bonchev–Trinajstić information content (AvgIpc) is 2.72. The van der Waals surface area contributed by atoms with Crippen LogP contribution < -0.4 is 15.2 Å². The van der Waals surface area contributed by atoms with Crippen LogP contribution in [-0.2, 0) is 30.8 Å². The minimum absolute atomic E-state index is 0.0282. The van der Waals surface area contributed by atoms with E-state index in [9.17, 15) is 18.0 Å². The van der Waals surface area contributed by atoms with Gasteiger partial charge in [-0.05, 0) is 54.8 Å². The van der Waals surface area contributed by atoms with Crippen LogP contribution in [0.1, 0.15) is 18.1 Å². The van der Waals surface area contributed by atoms with Crippen molar-refractivity contribution in [1.29, 1.82) is 0 Å².